The Kier molecular flexibility index (Phi) is 4.53. The molecule has 0 spiro atoms. The number of benzene rings is 1. The zero-order valence-corrected chi connectivity index (χ0v) is 11.9. The summed E-state index contributed by atoms with van der Waals surface area (Å²) in [7, 11) is 4.10. The highest BCUT2D eigenvalue weighted by molar-refractivity contribution is 5.66. The largest absolute Gasteiger partial charge is 0.378 e. The van der Waals surface area contributed by atoms with Crippen molar-refractivity contribution in [3.63, 3.8) is 0 Å². The molecule has 3 heteroatoms. The number of nitrogens with zero attached hydrogens (tertiary/aromatic N) is 2. The Labute approximate surface area is 115 Å². The molecular formula is C16H21N3. The summed E-state index contributed by atoms with van der Waals surface area (Å²) in [6.45, 7) is 3.95. The molecule has 1 aromatic heterocycles. The van der Waals surface area contributed by atoms with Gasteiger partial charge >= 0.3 is 0 Å². The van der Waals surface area contributed by atoms with Crippen molar-refractivity contribution in [2.75, 3.05) is 25.5 Å². The van der Waals surface area contributed by atoms with Gasteiger partial charge in [-0.25, -0.2) is 0 Å². The fourth-order valence-corrected chi connectivity index (χ4v) is 1.96. The molecule has 1 aromatic carbocycles. The van der Waals surface area contributed by atoms with Crippen LogP contribution in [-0.2, 0) is 6.54 Å². The highest BCUT2D eigenvalue weighted by Crippen LogP contribution is 2.22. The molecule has 100 valence electrons. The minimum Gasteiger partial charge on any atom is -0.378 e. The molecular weight excluding hydrogens is 234 g/mol. The highest BCUT2D eigenvalue weighted by Gasteiger charge is 2.01. The SMILES string of the molecule is CCNCc1cncc(-c2ccc(N(C)C)cc2)c1. The number of hydrogen-bond acceptors (Lipinski definition) is 3. The van der Waals surface area contributed by atoms with E-state index in [-0.39, 0.29) is 0 Å². The third kappa shape index (κ3) is 3.55. The number of nitrogens with one attached hydrogen (secondary N) is 1. The average Bonchev–Trinajstić information content (AvgIpc) is 2.45. The Hall–Kier alpha value is -1.87. The summed E-state index contributed by atoms with van der Waals surface area (Å²) in [6.07, 6.45) is 3.83. The molecule has 0 radical (unpaired) electrons. The van der Waals surface area contributed by atoms with E-state index in [4.69, 9.17) is 0 Å². The first kappa shape index (κ1) is 13.6. The Morgan fingerprint density at radius 1 is 1.05 bits per heavy atom. The molecule has 0 aliphatic rings. The molecule has 0 fully saturated rings. The van der Waals surface area contributed by atoms with Crippen molar-refractivity contribution in [3.05, 3.63) is 48.3 Å². The van der Waals surface area contributed by atoms with Gasteiger partial charge in [-0.05, 0) is 35.9 Å². The Bertz CT molecular complexity index is 518. The van der Waals surface area contributed by atoms with Gasteiger partial charge in [0.05, 0.1) is 0 Å². The van der Waals surface area contributed by atoms with Crippen molar-refractivity contribution >= 4 is 5.69 Å². The minimum absolute atomic E-state index is 0.868. The fraction of sp³-hybridized carbons (Fsp3) is 0.312. The number of hydrogen-bond donors (Lipinski definition) is 1. The van der Waals surface area contributed by atoms with Gasteiger partial charge in [0.15, 0.2) is 0 Å². The summed E-state index contributed by atoms with van der Waals surface area (Å²) in [5.74, 6) is 0. The van der Waals surface area contributed by atoms with Gasteiger partial charge in [0.1, 0.15) is 0 Å². The number of rotatable bonds is 5. The van der Waals surface area contributed by atoms with Crippen molar-refractivity contribution in [1.82, 2.24) is 10.3 Å². The zero-order chi connectivity index (χ0) is 13.7. The topological polar surface area (TPSA) is 28.2 Å². The van der Waals surface area contributed by atoms with Crippen LogP contribution < -0.4 is 10.2 Å². The quantitative estimate of drug-likeness (QED) is 0.890. The van der Waals surface area contributed by atoms with Crippen LogP contribution in [0.5, 0.6) is 0 Å². The monoisotopic (exact) mass is 255 g/mol. The summed E-state index contributed by atoms with van der Waals surface area (Å²) in [4.78, 5) is 6.42. The molecule has 0 amide bonds. The maximum Gasteiger partial charge on any atom is 0.0361 e. The number of aromatic nitrogens is 1. The molecule has 2 aromatic rings. The lowest BCUT2D eigenvalue weighted by Crippen LogP contribution is -2.11. The van der Waals surface area contributed by atoms with E-state index in [2.05, 4.69) is 52.5 Å². The lowest BCUT2D eigenvalue weighted by Gasteiger charge is -2.13. The lowest BCUT2D eigenvalue weighted by molar-refractivity contribution is 0.724. The van der Waals surface area contributed by atoms with E-state index in [1.54, 1.807) is 0 Å². The van der Waals surface area contributed by atoms with Crippen LogP contribution >= 0.6 is 0 Å². The van der Waals surface area contributed by atoms with Gasteiger partial charge in [-0.2, -0.15) is 0 Å². The normalized spacial score (nSPS) is 10.5. The molecule has 3 nitrogen and oxygen atoms in total. The van der Waals surface area contributed by atoms with Crippen LogP contribution in [0, 0.1) is 0 Å². The van der Waals surface area contributed by atoms with E-state index in [1.165, 1.54) is 22.4 Å². The second-order valence-corrected chi connectivity index (χ2v) is 4.80. The van der Waals surface area contributed by atoms with Gasteiger partial charge in [0.2, 0.25) is 0 Å². The van der Waals surface area contributed by atoms with Crippen molar-refractivity contribution in [1.29, 1.82) is 0 Å². The van der Waals surface area contributed by atoms with E-state index in [0.717, 1.165) is 13.1 Å². The van der Waals surface area contributed by atoms with E-state index < -0.39 is 0 Å². The van der Waals surface area contributed by atoms with E-state index >= 15 is 0 Å². The summed E-state index contributed by atoms with van der Waals surface area (Å²) in [6, 6.07) is 10.7. The van der Waals surface area contributed by atoms with Crippen LogP contribution in [-0.4, -0.2) is 25.6 Å². The van der Waals surface area contributed by atoms with Crippen LogP contribution in [0.1, 0.15) is 12.5 Å². The average molecular weight is 255 g/mol. The standard InChI is InChI=1S/C16H21N3/c1-4-17-10-13-9-15(12-18-11-13)14-5-7-16(8-6-14)19(2)3/h5-9,11-12,17H,4,10H2,1-3H3. The van der Waals surface area contributed by atoms with E-state index in [9.17, 15) is 0 Å². The van der Waals surface area contributed by atoms with Gasteiger partial charge in [-0.1, -0.05) is 19.1 Å². The smallest absolute Gasteiger partial charge is 0.0361 e. The second kappa shape index (κ2) is 6.34. The van der Waals surface area contributed by atoms with Crippen molar-refractivity contribution in [2.24, 2.45) is 0 Å². The number of anilines is 1. The summed E-state index contributed by atoms with van der Waals surface area (Å²) in [5.41, 5.74) is 4.80. The maximum atomic E-state index is 4.32. The molecule has 0 aliphatic carbocycles. The molecule has 0 bridgehead atoms. The first-order valence-electron chi connectivity index (χ1n) is 6.63. The molecule has 1 N–H and O–H groups in total. The third-order valence-electron chi connectivity index (χ3n) is 3.09. The maximum absolute atomic E-state index is 4.32. The van der Waals surface area contributed by atoms with Gasteiger partial charge in [-0.15, -0.1) is 0 Å². The minimum atomic E-state index is 0.868. The third-order valence-corrected chi connectivity index (χ3v) is 3.09. The molecule has 0 aliphatic heterocycles. The van der Waals surface area contributed by atoms with E-state index in [0.29, 0.717) is 0 Å². The van der Waals surface area contributed by atoms with Crippen molar-refractivity contribution in [2.45, 2.75) is 13.5 Å². The lowest BCUT2D eigenvalue weighted by atomic mass is 10.1. The zero-order valence-electron chi connectivity index (χ0n) is 11.9. The van der Waals surface area contributed by atoms with Gasteiger partial charge in [0.25, 0.3) is 0 Å². The number of pyridine rings is 1. The van der Waals surface area contributed by atoms with Crippen LogP contribution in [0.2, 0.25) is 0 Å². The summed E-state index contributed by atoms with van der Waals surface area (Å²) in [5, 5.41) is 3.32. The van der Waals surface area contributed by atoms with Crippen molar-refractivity contribution < 1.29 is 0 Å². The predicted octanol–water partition coefficient (Wildman–Crippen LogP) is 2.92. The first-order valence-corrected chi connectivity index (χ1v) is 6.63. The first-order chi connectivity index (χ1) is 9.20. The van der Waals surface area contributed by atoms with Crippen LogP contribution in [0.3, 0.4) is 0 Å². The van der Waals surface area contributed by atoms with Crippen molar-refractivity contribution in [3.8, 4) is 11.1 Å². The fourth-order valence-electron chi connectivity index (χ4n) is 1.96. The molecule has 0 atom stereocenters. The Morgan fingerprint density at radius 3 is 2.42 bits per heavy atom. The molecule has 1 heterocycles. The molecule has 0 unspecified atom stereocenters. The molecule has 0 saturated carbocycles. The summed E-state index contributed by atoms with van der Waals surface area (Å²) < 4.78 is 0. The van der Waals surface area contributed by atoms with Crippen LogP contribution in [0.15, 0.2) is 42.7 Å². The molecule has 2 rings (SSSR count). The second-order valence-electron chi connectivity index (χ2n) is 4.80. The Balaban J connectivity index is 2.21. The highest BCUT2D eigenvalue weighted by atomic mass is 15.1. The predicted molar refractivity (Wildman–Crippen MR) is 81.4 cm³/mol. The van der Waals surface area contributed by atoms with Gasteiger partial charge in [0, 0.05) is 44.3 Å². The van der Waals surface area contributed by atoms with Gasteiger partial charge in [-0.3, -0.25) is 4.98 Å². The molecule has 19 heavy (non-hydrogen) atoms. The van der Waals surface area contributed by atoms with Gasteiger partial charge < -0.3 is 10.2 Å². The van der Waals surface area contributed by atoms with E-state index in [1.807, 2.05) is 26.5 Å². The summed E-state index contributed by atoms with van der Waals surface area (Å²) >= 11 is 0. The Morgan fingerprint density at radius 2 is 1.79 bits per heavy atom. The van der Waals surface area contributed by atoms with Crippen LogP contribution in [0.25, 0.3) is 11.1 Å². The molecule has 0 saturated heterocycles. The van der Waals surface area contributed by atoms with Crippen LogP contribution in [0.4, 0.5) is 5.69 Å².